The number of carbonyl (C=O) groups excluding carboxylic acids is 2. The summed E-state index contributed by atoms with van der Waals surface area (Å²) in [5.74, 6) is 0.282. The first-order chi connectivity index (χ1) is 14.5. The minimum atomic E-state index is -0.411. The van der Waals surface area contributed by atoms with Crippen molar-refractivity contribution in [3.05, 3.63) is 71.8 Å². The predicted molar refractivity (Wildman–Crippen MR) is 109 cm³/mol. The number of benzene rings is 2. The first-order valence-corrected chi connectivity index (χ1v) is 9.79. The normalized spacial score (nSPS) is 18.4. The molecular weight excluding hydrogens is 385 g/mol. The fourth-order valence-electron chi connectivity index (χ4n) is 3.81. The van der Waals surface area contributed by atoms with Gasteiger partial charge in [0.05, 0.1) is 12.5 Å². The van der Waals surface area contributed by atoms with Crippen LogP contribution in [-0.2, 0) is 16.0 Å². The van der Waals surface area contributed by atoms with Gasteiger partial charge in [-0.25, -0.2) is 9.37 Å². The Hall–Kier alpha value is -3.55. The molecule has 0 saturated carbocycles. The van der Waals surface area contributed by atoms with Gasteiger partial charge >= 0.3 is 0 Å². The van der Waals surface area contributed by atoms with Crippen molar-refractivity contribution in [2.45, 2.75) is 31.8 Å². The molecule has 1 fully saturated rings. The minimum absolute atomic E-state index is 0.0599. The molecule has 2 unspecified atom stereocenters. The van der Waals surface area contributed by atoms with Crippen molar-refractivity contribution in [1.82, 2.24) is 25.4 Å². The summed E-state index contributed by atoms with van der Waals surface area (Å²) in [5, 5.41) is 10.1. The zero-order valence-corrected chi connectivity index (χ0v) is 16.5. The molecule has 0 radical (unpaired) electrons. The van der Waals surface area contributed by atoms with Crippen LogP contribution in [0.4, 0.5) is 4.39 Å². The monoisotopic (exact) mass is 407 g/mol. The lowest BCUT2D eigenvalue weighted by Crippen LogP contribution is -2.38. The van der Waals surface area contributed by atoms with Crippen LogP contribution >= 0.6 is 0 Å². The molecule has 4 rings (SSSR count). The van der Waals surface area contributed by atoms with Crippen molar-refractivity contribution in [3.63, 3.8) is 0 Å². The predicted octanol–water partition coefficient (Wildman–Crippen LogP) is 2.63. The molecular formula is C22H22FN5O2. The highest BCUT2D eigenvalue weighted by Crippen LogP contribution is 2.32. The summed E-state index contributed by atoms with van der Waals surface area (Å²) in [6.07, 6.45) is 0.446. The van der Waals surface area contributed by atoms with Gasteiger partial charge in [0.2, 0.25) is 11.8 Å². The van der Waals surface area contributed by atoms with E-state index in [1.165, 1.54) is 13.0 Å². The Morgan fingerprint density at radius 1 is 1.17 bits per heavy atom. The van der Waals surface area contributed by atoms with E-state index in [-0.39, 0.29) is 30.3 Å². The molecule has 2 atom stereocenters. The molecule has 2 aromatic carbocycles. The lowest BCUT2D eigenvalue weighted by atomic mass is 10.1. The van der Waals surface area contributed by atoms with Crippen LogP contribution in [0.15, 0.2) is 54.6 Å². The largest absolute Gasteiger partial charge is 0.352 e. The van der Waals surface area contributed by atoms with Gasteiger partial charge in [-0.15, -0.1) is 0 Å². The number of nitrogens with one attached hydrogen (secondary N) is 2. The second-order valence-corrected chi connectivity index (χ2v) is 7.37. The summed E-state index contributed by atoms with van der Waals surface area (Å²) in [7, 11) is 0. The van der Waals surface area contributed by atoms with Crippen LogP contribution in [0.5, 0.6) is 0 Å². The topological polar surface area (TPSA) is 91.0 Å². The number of H-pyrrole nitrogens is 1. The third kappa shape index (κ3) is 4.22. The quantitative estimate of drug-likeness (QED) is 0.680. The van der Waals surface area contributed by atoms with Crippen molar-refractivity contribution < 1.29 is 14.0 Å². The lowest BCUT2D eigenvalue weighted by molar-refractivity contribution is -0.131. The Labute approximate surface area is 173 Å². The van der Waals surface area contributed by atoms with Gasteiger partial charge in [-0.2, -0.15) is 5.10 Å². The van der Waals surface area contributed by atoms with Crippen LogP contribution in [0.25, 0.3) is 11.4 Å². The van der Waals surface area contributed by atoms with Crippen molar-refractivity contribution in [1.29, 1.82) is 0 Å². The Balaban J connectivity index is 1.59. The molecule has 2 amide bonds. The Bertz CT molecular complexity index is 1050. The number of nitrogens with zero attached hydrogens (tertiary/aromatic N) is 3. The molecule has 1 aromatic heterocycles. The van der Waals surface area contributed by atoms with E-state index in [0.717, 1.165) is 5.56 Å². The molecule has 0 bridgehead atoms. The number of hydrogen-bond donors (Lipinski definition) is 2. The number of likely N-dealkylation sites (tertiary alicyclic amines) is 1. The highest BCUT2D eigenvalue weighted by atomic mass is 19.1. The van der Waals surface area contributed by atoms with Crippen LogP contribution in [0, 0.1) is 5.82 Å². The molecule has 2 N–H and O–H groups in total. The van der Waals surface area contributed by atoms with Gasteiger partial charge in [-0.3, -0.25) is 14.7 Å². The number of amides is 2. The number of rotatable bonds is 5. The third-order valence-corrected chi connectivity index (χ3v) is 5.18. The number of aromatic amines is 1. The van der Waals surface area contributed by atoms with Crippen LogP contribution in [0.3, 0.4) is 0 Å². The molecule has 0 aliphatic carbocycles. The van der Waals surface area contributed by atoms with Crippen molar-refractivity contribution in [3.8, 4) is 11.4 Å². The van der Waals surface area contributed by atoms with Crippen LogP contribution in [-0.4, -0.2) is 44.5 Å². The third-order valence-electron chi connectivity index (χ3n) is 5.18. The molecule has 3 aromatic rings. The first-order valence-electron chi connectivity index (χ1n) is 9.79. The van der Waals surface area contributed by atoms with E-state index in [0.29, 0.717) is 30.2 Å². The fraction of sp³-hybridized carbons (Fsp3) is 0.273. The van der Waals surface area contributed by atoms with Gasteiger partial charge in [-0.05, 0) is 18.1 Å². The highest BCUT2D eigenvalue weighted by Gasteiger charge is 2.38. The standard InChI is InChI=1S/C22H22FN5O2/c1-14(29)24-17-12-19(22-25-21(26-27-22)15-7-3-2-4-8-15)28(13-17)20(30)11-16-9-5-6-10-18(16)23/h2-10,17,19H,11-13H2,1H3,(H,24,29)(H,25,26,27). The number of hydrogen-bond acceptors (Lipinski definition) is 4. The van der Waals surface area contributed by atoms with Crippen LogP contribution < -0.4 is 5.32 Å². The minimum Gasteiger partial charge on any atom is -0.352 e. The lowest BCUT2D eigenvalue weighted by Gasteiger charge is -2.23. The van der Waals surface area contributed by atoms with Crippen molar-refractivity contribution >= 4 is 11.8 Å². The highest BCUT2D eigenvalue weighted by molar-refractivity contribution is 5.80. The Morgan fingerprint density at radius 2 is 1.90 bits per heavy atom. The molecule has 1 aliphatic rings. The second-order valence-electron chi connectivity index (χ2n) is 7.37. The van der Waals surface area contributed by atoms with E-state index in [2.05, 4.69) is 20.5 Å². The second kappa shape index (κ2) is 8.44. The maximum atomic E-state index is 14.0. The van der Waals surface area contributed by atoms with E-state index in [1.807, 2.05) is 30.3 Å². The van der Waals surface area contributed by atoms with E-state index >= 15 is 0 Å². The molecule has 30 heavy (non-hydrogen) atoms. The molecule has 7 nitrogen and oxygen atoms in total. The summed E-state index contributed by atoms with van der Waals surface area (Å²) in [6, 6.07) is 15.2. The van der Waals surface area contributed by atoms with Crippen LogP contribution in [0.1, 0.15) is 30.8 Å². The average Bonchev–Trinajstić information content (AvgIpc) is 3.37. The van der Waals surface area contributed by atoms with Gasteiger partial charge in [0.15, 0.2) is 5.82 Å². The Morgan fingerprint density at radius 3 is 2.63 bits per heavy atom. The molecule has 154 valence electrons. The van der Waals surface area contributed by atoms with Gasteiger partial charge in [0, 0.05) is 25.1 Å². The van der Waals surface area contributed by atoms with Gasteiger partial charge in [0.1, 0.15) is 11.6 Å². The SMILES string of the molecule is CC(=O)NC1CC(c2nc(-c3ccccc3)n[nH]2)N(C(=O)Cc2ccccc2F)C1. The molecule has 1 aliphatic heterocycles. The van der Waals surface area contributed by atoms with Crippen molar-refractivity contribution in [2.75, 3.05) is 6.54 Å². The smallest absolute Gasteiger partial charge is 0.227 e. The van der Waals surface area contributed by atoms with E-state index in [4.69, 9.17) is 0 Å². The number of aromatic nitrogens is 3. The summed E-state index contributed by atoms with van der Waals surface area (Å²) in [6.45, 7) is 1.78. The molecule has 2 heterocycles. The molecule has 8 heteroatoms. The average molecular weight is 407 g/mol. The zero-order chi connectivity index (χ0) is 21.1. The van der Waals surface area contributed by atoms with Crippen LogP contribution in [0.2, 0.25) is 0 Å². The summed E-state index contributed by atoms with van der Waals surface area (Å²) in [4.78, 5) is 30.8. The van der Waals surface area contributed by atoms with Gasteiger partial charge in [0.25, 0.3) is 0 Å². The maximum absolute atomic E-state index is 14.0. The summed E-state index contributed by atoms with van der Waals surface area (Å²) in [5.41, 5.74) is 1.20. The summed E-state index contributed by atoms with van der Waals surface area (Å²) >= 11 is 0. The van der Waals surface area contributed by atoms with Gasteiger partial charge in [-0.1, -0.05) is 48.5 Å². The van der Waals surface area contributed by atoms with E-state index < -0.39 is 5.82 Å². The molecule has 0 spiro atoms. The fourth-order valence-corrected chi connectivity index (χ4v) is 3.81. The van der Waals surface area contributed by atoms with E-state index in [9.17, 15) is 14.0 Å². The summed E-state index contributed by atoms with van der Waals surface area (Å²) < 4.78 is 14.0. The molecule has 1 saturated heterocycles. The van der Waals surface area contributed by atoms with Gasteiger partial charge < -0.3 is 10.2 Å². The van der Waals surface area contributed by atoms with E-state index in [1.54, 1.807) is 23.1 Å². The number of halogens is 1. The first kappa shape index (κ1) is 19.8. The number of carbonyl (C=O) groups is 2. The Kier molecular flexibility index (Phi) is 5.56. The van der Waals surface area contributed by atoms with Crippen molar-refractivity contribution in [2.24, 2.45) is 0 Å². The maximum Gasteiger partial charge on any atom is 0.227 e. The zero-order valence-electron chi connectivity index (χ0n) is 16.5.